The van der Waals surface area contributed by atoms with Crippen LogP contribution in [0.25, 0.3) is 22.2 Å². The molecule has 3 N–H and O–H groups in total. The second-order valence-electron chi connectivity index (χ2n) is 9.99. The number of carboxylic acids is 1. The predicted molar refractivity (Wildman–Crippen MR) is 142 cm³/mol. The van der Waals surface area contributed by atoms with Crippen LogP contribution < -0.4 is 5.32 Å². The Morgan fingerprint density at radius 3 is 2.33 bits per heavy atom. The van der Waals surface area contributed by atoms with Crippen molar-refractivity contribution in [3.8, 4) is 11.3 Å². The number of aromatic amines is 1. The molecule has 40 heavy (non-hydrogen) atoms. The van der Waals surface area contributed by atoms with Gasteiger partial charge in [-0.15, -0.1) is 0 Å². The molecule has 2 aromatic heterocycles. The molecule has 0 saturated heterocycles. The van der Waals surface area contributed by atoms with Gasteiger partial charge in [0.1, 0.15) is 0 Å². The van der Waals surface area contributed by atoms with Crippen molar-refractivity contribution in [1.82, 2.24) is 20.1 Å². The maximum atomic E-state index is 13.9. The van der Waals surface area contributed by atoms with Crippen LogP contribution in [-0.2, 0) is 18.3 Å². The van der Waals surface area contributed by atoms with Gasteiger partial charge in [-0.3, -0.25) is 9.89 Å². The standard InChI is InChI=1S/C30H23F3N4O3/c31-30(32,33)23-5-1-18(2-6-23)17-37-14-10-20-15-21(25-9-13-34-36-25)16-24(26(20)37)27(38)35-29(11-12-29)22-7-3-19(4-8-22)28(39)40/h1-10,13-16H,11-12,17H2,(H,34,36)(H,35,38)(H,39,40). The molecule has 6 rings (SSSR count). The fraction of sp³-hybridized carbons (Fsp3) is 0.167. The summed E-state index contributed by atoms with van der Waals surface area (Å²) in [6, 6.07) is 18.9. The van der Waals surface area contributed by atoms with Crippen LogP contribution >= 0.6 is 0 Å². The molecule has 10 heteroatoms. The predicted octanol–water partition coefficient (Wildman–Crippen LogP) is 6.22. The number of fused-ring (bicyclic) bond motifs is 1. The summed E-state index contributed by atoms with van der Waals surface area (Å²) in [5, 5.41) is 20.1. The van der Waals surface area contributed by atoms with Gasteiger partial charge in [0.15, 0.2) is 0 Å². The highest BCUT2D eigenvalue weighted by molar-refractivity contribution is 6.08. The van der Waals surface area contributed by atoms with Crippen LogP contribution in [0.3, 0.4) is 0 Å². The molecule has 1 amide bonds. The number of H-pyrrole nitrogens is 1. The third kappa shape index (κ3) is 4.72. The fourth-order valence-corrected chi connectivity index (χ4v) is 5.05. The maximum absolute atomic E-state index is 13.9. The second-order valence-corrected chi connectivity index (χ2v) is 9.99. The van der Waals surface area contributed by atoms with Gasteiger partial charge in [-0.05, 0) is 72.5 Å². The molecule has 5 aromatic rings. The van der Waals surface area contributed by atoms with Gasteiger partial charge in [0, 0.05) is 29.9 Å². The van der Waals surface area contributed by atoms with E-state index in [1.165, 1.54) is 24.3 Å². The van der Waals surface area contributed by atoms with Crippen molar-refractivity contribution >= 4 is 22.8 Å². The molecule has 1 saturated carbocycles. The van der Waals surface area contributed by atoms with Crippen molar-refractivity contribution < 1.29 is 27.9 Å². The number of halogens is 3. The lowest BCUT2D eigenvalue weighted by molar-refractivity contribution is -0.137. The summed E-state index contributed by atoms with van der Waals surface area (Å²) in [6.07, 6.45) is 0.435. The average molecular weight is 545 g/mol. The SMILES string of the molecule is O=C(O)c1ccc(C2(NC(=O)c3cc(-c4ccn[nH]4)cc4ccn(Cc5ccc(C(F)(F)F)cc5)c34)CC2)cc1. The van der Waals surface area contributed by atoms with Gasteiger partial charge in [-0.2, -0.15) is 18.3 Å². The van der Waals surface area contributed by atoms with Crippen molar-refractivity contribution in [2.24, 2.45) is 0 Å². The highest BCUT2D eigenvalue weighted by Gasteiger charge is 2.46. The Morgan fingerprint density at radius 1 is 1.00 bits per heavy atom. The smallest absolute Gasteiger partial charge is 0.416 e. The van der Waals surface area contributed by atoms with E-state index in [9.17, 15) is 27.9 Å². The van der Waals surface area contributed by atoms with E-state index in [1.54, 1.807) is 30.5 Å². The molecule has 0 unspecified atom stereocenters. The molecule has 2 heterocycles. The zero-order valence-corrected chi connectivity index (χ0v) is 21.0. The number of nitrogens with zero attached hydrogens (tertiary/aromatic N) is 2. The van der Waals surface area contributed by atoms with Gasteiger partial charge in [0.25, 0.3) is 5.91 Å². The van der Waals surface area contributed by atoms with E-state index in [2.05, 4.69) is 15.5 Å². The molecule has 0 spiro atoms. The van der Waals surface area contributed by atoms with Gasteiger partial charge < -0.3 is 15.0 Å². The van der Waals surface area contributed by atoms with Crippen molar-refractivity contribution in [2.45, 2.75) is 31.1 Å². The van der Waals surface area contributed by atoms with Crippen LogP contribution in [0.1, 0.15) is 50.2 Å². The first-order valence-corrected chi connectivity index (χ1v) is 12.6. The molecular weight excluding hydrogens is 521 g/mol. The van der Waals surface area contributed by atoms with Crippen molar-refractivity contribution in [2.75, 3.05) is 0 Å². The molecule has 0 aliphatic heterocycles. The first kappa shape index (κ1) is 25.4. The summed E-state index contributed by atoms with van der Waals surface area (Å²) in [4.78, 5) is 25.1. The van der Waals surface area contributed by atoms with E-state index in [0.717, 1.165) is 34.3 Å². The van der Waals surface area contributed by atoms with E-state index >= 15 is 0 Å². The number of hydrogen-bond donors (Lipinski definition) is 3. The van der Waals surface area contributed by atoms with E-state index in [1.807, 2.05) is 22.9 Å². The summed E-state index contributed by atoms with van der Waals surface area (Å²) in [5.74, 6) is -1.33. The Bertz CT molecular complexity index is 1720. The van der Waals surface area contributed by atoms with Crippen LogP contribution in [0, 0.1) is 0 Å². The number of benzene rings is 3. The van der Waals surface area contributed by atoms with Crippen LogP contribution in [0.4, 0.5) is 13.2 Å². The molecular formula is C30H23F3N4O3. The lowest BCUT2D eigenvalue weighted by atomic mass is 10.0. The Kier molecular flexibility index (Phi) is 5.98. The normalized spacial score (nSPS) is 14.3. The van der Waals surface area contributed by atoms with Crippen LogP contribution in [0.2, 0.25) is 0 Å². The lowest BCUT2D eigenvalue weighted by Crippen LogP contribution is -2.35. The third-order valence-electron chi connectivity index (χ3n) is 7.34. The van der Waals surface area contributed by atoms with E-state index in [0.29, 0.717) is 29.5 Å². The first-order chi connectivity index (χ1) is 19.1. The minimum Gasteiger partial charge on any atom is -0.478 e. The minimum atomic E-state index is -4.42. The number of alkyl halides is 3. The molecule has 1 fully saturated rings. The second kappa shape index (κ2) is 9.41. The zero-order chi connectivity index (χ0) is 28.1. The van der Waals surface area contributed by atoms with Crippen LogP contribution in [0.15, 0.2) is 85.2 Å². The van der Waals surface area contributed by atoms with Crippen molar-refractivity contribution in [3.05, 3.63) is 113 Å². The maximum Gasteiger partial charge on any atom is 0.416 e. The Labute approximate surface area is 226 Å². The zero-order valence-electron chi connectivity index (χ0n) is 21.0. The first-order valence-electron chi connectivity index (χ1n) is 12.6. The number of rotatable bonds is 7. The van der Waals surface area contributed by atoms with Gasteiger partial charge in [-0.1, -0.05) is 24.3 Å². The molecule has 1 aliphatic rings. The van der Waals surface area contributed by atoms with Gasteiger partial charge >= 0.3 is 12.1 Å². The number of nitrogens with one attached hydrogen (secondary N) is 2. The summed E-state index contributed by atoms with van der Waals surface area (Å²) in [5.41, 5.74) is 2.89. The van der Waals surface area contributed by atoms with Crippen LogP contribution in [0.5, 0.6) is 0 Å². The average Bonchev–Trinajstić information content (AvgIpc) is 3.31. The summed E-state index contributed by atoms with van der Waals surface area (Å²) < 4.78 is 41.0. The van der Waals surface area contributed by atoms with Crippen molar-refractivity contribution in [1.29, 1.82) is 0 Å². The number of aromatic carboxylic acids is 1. The molecule has 7 nitrogen and oxygen atoms in total. The molecule has 0 atom stereocenters. The van der Waals surface area contributed by atoms with E-state index in [4.69, 9.17) is 0 Å². The van der Waals surface area contributed by atoms with E-state index in [-0.39, 0.29) is 18.0 Å². The number of amides is 1. The molecule has 0 bridgehead atoms. The van der Waals surface area contributed by atoms with Gasteiger partial charge in [0.2, 0.25) is 0 Å². The molecule has 3 aromatic carbocycles. The summed E-state index contributed by atoms with van der Waals surface area (Å²) >= 11 is 0. The lowest BCUT2D eigenvalue weighted by Gasteiger charge is -2.20. The number of carboxylic acid groups (broad SMARTS) is 1. The Morgan fingerprint density at radius 2 is 1.73 bits per heavy atom. The van der Waals surface area contributed by atoms with Crippen LogP contribution in [-0.4, -0.2) is 31.7 Å². The number of aromatic nitrogens is 3. The highest BCUT2D eigenvalue weighted by atomic mass is 19.4. The summed E-state index contributed by atoms with van der Waals surface area (Å²) in [6.45, 7) is 0.271. The number of carbonyl (C=O) groups excluding carboxylic acids is 1. The Balaban J connectivity index is 1.37. The topological polar surface area (TPSA) is 100 Å². The summed E-state index contributed by atoms with van der Waals surface area (Å²) in [7, 11) is 0. The largest absolute Gasteiger partial charge is 0.478 e. The van der Waals surface area contributed by atoms with Gasteiger partial charge in [-0.25, -0.2) is 4.79 Å². The minimum absolute atomic E-state index is 0.168. The Hall–Kier alpha value is -4.86. The quantitative estimate of drug-likeness (QED) is 0.227. The number of hydrogen-bond acceptors (Lipinski definition) is 3. The molecule has 202 valence electrons. The van der Waals surface area contributed by atoms with Crippen molar-refractivity contribution in [3.63, 3.8) is 0 Å². The molecule has 1 aliphatic carbocycles. The monoisotopic (exact) mass is 544 g/mol. The van der Waals surface area contributed by atoms with Gasteiger partial charge in [0.05, 0.1) is 33.4 Å². The third-order valence-corrected chi connectivity index (χ3v) is 7.34. The fourth-order valence-electron chi connectivity index (χ4n) is 5.05. The molecule has 0 radical (unpaired) electrons. The number of carbonyl (C=O) groups is 2. The highest BCUT2D eigenvalue weighted by Crippen LogP contribution is 2.46. The van der Waals surface area contributed by atoms with E-state index < -0.39 is 23.2 Å².